The molecule has 3 fully saturated rings. The summed E-state index contributed by atoms with van der Waals surface area (Å²) in [7, 11) is 0. The second kappa shape index (κ2) is 4.88. The van der Waals surface area contributed by atoms with Gasteiger partial charge in [0.1, 0.15) is 0 Å². The molecular formula is C13H21N3O2. The van der Waals surface area contributed by atoms with Gasteiger partial charge in [0.2, 0.25) is 11.8 Å². The molecule has 5 heteroatoms. The van der Waals surface area contributed by atoms with E-state index in [0.29, 0.717) is 38.0 Å². The van der Waals surface area contributed by atoms with E-state index in [1.54, 1.807) is 0 Å². The van der Waals surface area contributed by atoms with Crippen molar-refractivity contribution in [2.24, 2.45) is 5.92 Å². The van der Waals surface area contributed by atoms with Crippen LogP contribution in [0.1, 0.15) is 25.7 Å². The van der Waals surface area contributed by atoms with Gasteiger partial charge in [-0.25, -0.2) is 0 Å². The molecule has 0 unspecified atom stereocenters. The Kier molecular flexibility index (Phi) is 3.24. The van der Waals surface area contributed by atoms with Gasteiger partial charge >= 0.3 is 0 Å². The Bertz CT molecular complexity index is 340. The topological polar surface area (TPSA) is 52.7 Å². The highest BCUT2D eigenvalue weighted by Gasteiger charge is 2.36. The maximum absolute atomic E-state index is 12.2. The molecule has 1 N–H and O–H groups in total. The van der Waals surface area contributed by atoms with Crippen LogP contribution < -0.4 is 5.32 Å². The molecule has 1 saturated carbocycles. The zero-order valence-electron chi connectivity index (χ0n) is 10.7. The van der Waals surface area contributed by atoms with Crippen molar-refractivity contribution in [2.45, 2.75) is 31.7 Å². The molecule has 18 heavy (non-hydrogen) atoms. The van der Waals surface area contributed by atoms with Gasteiger partial charge in [-0.05, 0) is 32.2 Å². The third-order valence-corrected chi connectivity index (χ3v) is 4.19. The van der Waals surface area contributed by atoms with E-state index in [1.807, 2.05) is 9.80 Å². The normalized spacial score (nSPS) is 28.6. The molecule has 1 atom stereocenters. The van der Waals surface area contributed by atoms with E-state index >= 15 is 0 Å². The Morgan fingerprint density at radius 1 is 0.889 bits per heavy atom. The fraction of sp³-hybridized carbons (Fsp3) is 0.846. The molecule has 1 aliphatic carbocycles. The smallest absolute Gasteiger partial charge is 0.239 e. The summed E-state index contributed by atoms with van der Waals surface area (Å²) in [5.41, 5.74) is 0. The molecule has 2 saturated heterocycles. The molecule has 0 bridgehead atoms. The minimum absolute atomic E-state index is 0.0238. The lowest BCUT2D eigenvalue weighted by atomic mass is 10.2. The van der Waals surface area contributed by atoms with Gasteiger partial charge in [0.15, 0.2) is 0 Å². The van der Waals surface area contributed by atoms with Gasteiger partial charge in [-0.2, -0.15) is 0 Å². The first-order valence-electron chi connectivity index (χ1n) is 7.06. The Hall–Kier alpha value is -1.10. The van der Waals surface area contributed by atoms with Gasteiger partial charge < -0.3 is 15.1 Å². The van der Waals surface area contributed by atoms with Crippen molar-refractivity contribution < 1.29 is 9.59 Å². The second-order valence-electron chi connectivity index (χ2n) is 5.57. The predicted molar refractivity (Wildman–Crippen MR) is 66.9 cm³/mol. The van der Waals surface area contributed by atoms with Crippen molar-refractivity contribution in [1.29, 1.82) is 0 Å². The van der Waals surface area contributed by atoms with Gasteiger partial charge in [0.25, 0.3) is 0 Å². The highest BCUT2D eigenvalue weighted by atomic mass is 16.2. The highest BCUT2D eigenvalue weighted by molar-refractivity contribution is 5.83. The molecule has 2 heterocycles. The number of hydrogen-bond acceptors (Lipinski definition) is 3. The van der Waals surface area contributed by atoms with Crippen LogP contribution >= 0.6 is 0 Å². The zero-order valence-corrected chi connectivity index (χ0v) is 10.7. The van der Waals surface area contributed by atoms with Crippen molar-refractivity contribution in [1.82, 2.24) is 15.1 Å². The monoisotopic (exact) mass is 251 g/mol. The minimum atomic E-state index is 0.0238. The van der Waals surface area contributed by atoms with Crippen molar-refractivity contribution in [2.75, 3.05) is 32.7 Å². The number of rotatable bonds is 2. The molecule has 0 aromatic carbocycles. The van der Waals surface area contributed by atoms with E-state index in [0.717, 1.165) is 32.2 Å². The molecule has 5 nitrogen and oxygen atoms in total. The third kappa shape index (κ3) is 2.36. The second-order valence-corrected chi connectivity index (χ2v) is 5.57. The number of nitrogens with zero attached hydrogens (tertiary/aromatic N) is 2. The standard InChI is InChI=1S/C13H21N3O2/c17-12(10-3-4-10)15-6-8-16(9-7-15)13(18)11-2-1-5-14-11/h10-11,14H,1-9H2/t11-/m0/s1. The van der Waals surface area contributed by atoms with Crippen LogP contribution in [0.15, 0.2) is 0 Å². The Labute approximate surface area is 107 Å². The quantitative estimate of drug-likeness (QED) is 0.740. The minimum Gasteiger partial charge on any atom is -0.339 e. The molecular weight excluding hydrogens is 230 g/mol. The number of carbonyl (C=O) groups is 2. The molecule has 0 aromatic heterocycles. The zero-order chi connectivity index (χ0) is 12.5. The van der Waals surface area contributed by atoms with Gasteiger partial charge in [-0.15, -0.1) is 0 Å². The van der Waals surface area contributed by atoms with Crippen LogP contribution in [0.4, 0.5) is 0 Å². The summed E-state index contributed by atoms with van der Waals surface area (Å²) in [6.07, 6.45) is 4.17. The van der Waals surface area contributed by atoms with E-state index in [1.165, 1.54) is 0 Å². The van der Waals surface area contributed by atoms with Crippen LogP contribution in [0.5, 0.6) is 0 Å². The maximum Gasteiger partial charge on any atom is 0.239 e. The summed E-state index contributed by atoms with van der Waals surface area (Å²) in [4.78, 5) is 27.9. The molecule has 2 aliphatic heterocycles. The van der Waals surface area contributed by atoms with E-state index in [4.69, 9.17) is 0 Å². The van der Waals surface area contributed by atoms with Gasteiger partial charge in [-0.3, -0.25) is 9.59 Å². The Morgan fingerprint density at radius 2 is 1.50 bits per heavy atom. The summed E-state index contributed by atoms with van der Waals surface area (Å²) in [5.74, 6) is 0.830. The lowest BCUT2D eigenvalue weighted by Gasteiger charge is -2.36. The van der Waals surface area contributed by atoms with Crippen molar-refractivity contribution in [3.05, 3.63) is 0 Å². The lowest BCUT2D eigenvalue weighted by molar-refractivity contribution is -0.141. The first kappa shape index (κ1) is 12.0. The molecule has 100 valence electrons. The van der Waals surface area contributed by atoms with Crippen molar-refractivity contribution in [3.63, 3.8) is 0 Å². The summed E-state index contributed by atoms with van der Waals surface area (Å²) in [6, 6.07) is 0.0238. The lowest BCUT2D eigenvalue weighted by Crippen LogP contribution is -2.54. The largest absolute Gasteiger partial charge is 0.339 e. The average molecular weight is 251 g/mol. The molecule has 0 radical (unpaired) electrons. The van der Waals surface area contributed by atoms with Gasteiger partial charge in [-0.1, -0.05) is 0 Å². The Balaban J connectivity index is 1.49. The molecule has 3 rings (SSSR count). The molecule has 2 amide bonds. The first-order valence-corrected chi connectivity index (χ1v) is 7.06. The fourth-order valence-electron chi connectivity index (χ4n) is 2.85. The number of piperazine rings is 1. The van der Waals surface area contributed by atoms with Crippen LogP contribution in [0.25, 0.3) is 0 Å². The third-order valence-electron chi connectivity index (χ3n) is 4.19. The van der Waals surface area contributed by atoms with Crippen LogP contribution in [-0.2, 0) is 9.59 Å². The van der Waals surface area contributed by atoms with Crippen LogP contribution in [0.3, 0.4) is 0 Å². The van der Waals surface area contributed by atoms with E-state index in [9.17, 15) is 9.59 Å². The van der Waals surface area contributed by atoms with Crippen molar-refractivity contribution >= 4 is 11.8 Å². The van der Waals surface area contributed by atoms with Crippen LogP contribution in [0, 0.1) is 5.92 Å². The molecule has 0 aromatic rings. The number of nitrogens with one attached hydrogen (secondary N) is 1. The van der Waals surface area contributed by atoms with E-state index in [-0.39, 0.29) is 11.9 Å². The summed E-state index contributed by atoms with van der Waals surface area (Å²) >= 11 is 0. The van der Waals surface area contributed by atoms with Gasteiger partial charge in [0.05, 0.1) is 6.04 Å². The van der Waals surface area contributed by atoms with E-state index < -0.39 is 0 Å². The van der Waals surface area contributed by atoms with Crippen molar-refractivity contribution in [3.8, 4) is 0 Å². The van der Waals surface area contributed by atoms with Crippen LogP contribution in [0.2, 0.25) is 0 Å². The Morgan fingerprint density at radius 3 is 2.00 bits per heavy atom. The maximum atomic E-state index is 12.2. The highest BCUT2D eigenvalue weighted by Crippen LogP contribution is 2.31. The molecule has 3 aliphatic rings. The number of carbonyl (C=O) groups excluding carboxylic acids is 2. The van der Waals surface area contributed by atoms with Gasteiger partial charge in [0, 0.05) is 32.1 Å². The van der Waals surface area contributed by atoms with Crippen LogP contribution in [-0.4, -0.2) is 60.4 Å². The number of amides is 2. The summed E-state index contributed by atoms with van der Waals surface area (Å²) < 4.78 is 0. The summed E-state index contributed by atoms with van der Waals surface area (Å²) in [5, 5.41) is 3.24. The SMILES string of the molecule is O=C(C1CC1)N1CCN(C(=O)[C@@H]2CCCN2)CC1. The van der Waals surface area contributed by atoms with E-state index in [2.05, 4.69) is 5.32 Å². The number of hydrogen-bond donors (Lipinski definition) is 1. The molecule has 0 spiro atoms. The predicted octanol–water partition coefficient (Wildman–Crippen LogP) is -0.181. The first-order chi connectivity index (χ1) is 8.75. The average Bonchev–Trinajstić information content (AvgIpc) is 3.12. The summed E-state index contributed by atoms with van der Waals surface area (Å²) in [6.45, 7) is 3.79. The fourth-order valence-corrected chi connectivity index (χ4v) is 2.85.